The van der Waals surface area contributed by atoms with E-state index in [1.54, 1.807) is 25.8 Å². The topological polar surface area (TPSA) is 581 Å². The van der Waals surface area contributed by atoms with Crippen molar-refractivity contribution in [2.24, 2.45) is 11.7 Å². The number of likely N-dealkylation sites (tertiary alicyclic amines) is 1. The lowest BCUT2D eigenvalue weighted by atomic mass is 9.95. The van der Waals surface area contributed by atoms with E-state index in [9.17, 15) is 54.4 Å². The van der Waals surface area contributed by atoms with Crippen LogP contribution in [0.15, 0.2) is 78.2 Å². The summed E-state index contributed by atoms with van der Waals surface area (Å²) in [6.07, 6.45) is -13.3. The fourth-order valence-corrected chi connectivity index (χ4v) is 10.9. The minimum atomic E-state index is -3.71. The quantitative estimate of drug-likeness (QED) is 0.0382. The third-order valence-electron chi connectivity index (χ3n) is 15.9. The number of ether oxygens (including phenoxy) is 3. The van der Waals surface area contributed by atoms with Crippen LogP contribution in [0, 0.1) is 11.3 Å². The van der Waals surface area contributed by atoms with E-state index in [0.717, 1.165) is 67.7 Å². The summed E-state index contributed by atoms with van der Waals surface area (Å²) >= 11 is 0. The predicted octanol–water partition coefficient (Wildman–Crippen LogP) is -4.45. The molecule has 0 bridgehead atoms. The molecule has 8 aromatic rings. The number of nitrogens with zero attached hydrogens (tertiary/aromatic N) is 12. The van der Waals surface area contributed by atoms with Crippen molar-refractivity contribution < 1.29 is 94.5 Å². The highest BCUT2D eigenvalue weighted by molar-refractivity contribution is 6.07. The SMILES string of the molecule is CC(C)Cn1cnc2c(N)nc3ccccc3c21.CCOCc1nc2c(N)nc3ccccc3c2n1CC(C)(C)O.CN1C[C@H](O)[C@@H](O)[C@H](O)[C@H]1CO.N=C(N)c1ncn([C@H]2O[C@@H](O)[C@H](O)[C@@H]2O)n1.Nc1ccn(C2OC(CO)C(O)C2(F)F)c(=O)n1.OC[C@H]1NC[C@H](O)[C@@H](O)[C@@H]1O. The Morgan fingerprint density at radius 2 is 1.39 bits per heavy atom. The van der Waals surface area contributed by atoms with Crippen molar-refractivity contribution in [2.75, 3.05) is 63.8 Å². The Morgan fingerprint density at radius 1 is 0.776 bits per heavy atom. The second kappa shape index (κ2) is 33.4. The molecular weight excluding hydrogens is 1300 g/mol. The van der Waals surface area contributed by atoms with Crippen LogP contribution in [-0.4, -0.2) is 273 Å². The summed E-state index contributed by atoms with van der Waals surface area (Å²) in [5.41, 5.74) is 25.8. The summed E-state index contributed by atoms with van der Waals surface area (Å²) in [7, 11) is 1.68. The second-order valence-corrected chi connectivity index (χ2v) is 24.5. The number of likely N-dealkylation sites (N-methyl/N-ethyl adjacent to an activating group) is 1. The molecule has 3 unspecified atom stereocenters. The van der Waals surface area contributed by atoms with E-state index in [0.29, 0.717) is 47.4 Å². The van der Waals surface area contributed by atoms with Gasteiger partial charge in [-0.25, -0.2) is 34.4 Å². The predicted molar refractivity (Wildman–Crippen MR) is 348 cm³/mol. The zero-order chi connectivity index (χ0) is 72.4. The van der Waals surface area contributed by atoms with Crippen molar-refractivity contribution in [3.05, 3.63) is 95.6 Å². The van der Waals surface area contributed by atoms with Crippen LogP contribution in [0.5, 0.6) is 0 Å². The largest absolute Gasteiger partial charge is 0.395 e. The molecule has 6 aromatic heterocycles. The van der Waals surface area contributed by atoms with E-state index >= 15 is 0 Å². The molecule has 4 aliphatic rings. The van der Waals surface area contributed by atoms with E-state index in [1.165, 1.54) is 6.33 Å². The number of β-amino-alcohol motifs (C(OH)–C–C–N with tert-alkyl or cyclic N) is 2. The number of alkyl halides is 2. The molecule has 0 aliphatic carbocycles. The molecule has 38 heteroatoms. The van der Waals surface area contributed by atoms with Crippen LogP contribution < -0.4 is 33.9 Å². The van der Waals surface area contributed by atoms with E-state index < -0.39 is 116 Å². The van der Waals surface area contributed by atoms with Crippen LogP contribution in [0.3, 0.4) is 0 Å². The number of hydrogen-bond donors (Lipinski definition) is 20. The van der Waals surface area contributed by atoms with E-state index in [-0.39, 0.29) is 43.8 Å². The number of amidine groups is 1. The number of benzene rings is 2. The van der Waals surface area contributed by atoms with E-state index in [1.807, 2.05) is 60.3 Å². The molecule has 4 aliphatic heterocycles. The van der Waals surface area contributed by atoms with Gasteiger partial charge in [0.25, 0.3) is 0 Å². The molecule has 0 spiro atoms. The first-order chi connectivity index (χ1) is 46.2. The Morgan fingerprint density at radius 3 is 1.92 bits per heavy atom. The molecule has 36 nitrogen and oxygen atoms in total. The van der Waals surface area contributed by atoms with Crippen LogP contribution in [0.25, 0.3) is 43.9 Å². The molecule has 15 atom stereocenters. The van der Waals surface area contributed by atoms with Crippen LogP contribution in [-0.2, 0) is 33.9 Å². The van der Waals surface area contributed by atoms with Gasteiger partial charge < -0.3 is 123 Å². The number of anilines is 3. The minimum Gasteiger partial charge on any atom is -0.395 e. The van der Waals surface area contributed by atoms with Gasteiger partial charge in [0.05, 0.1) is 90.8 Å². The highest BCUT2D eigenvalue weighted by Gasteiger charge is 2.59. The number of nitrogen functional groups attached to an aromatic ring is 4. The Labute approximate surface area is 557 Å². The number of imidazole rings is 2. The van der Waals surface area contributed by atoms with Crippen molar-refractivity contribution in [3.63, 3.8) is 0 Å². The van der Waals surface area contributed by atoms with Crippen molar-refractivity contribution in [2.45, 2.75) is 158 Å². The highest BCUT2D eigenvalue weighted by atomic mass is 19.3. The standard InChI is InChI=1S/C17H22N4O2.C14H16N4.C9H11F2N3O4.C7H11N5O4.C7H15NO4.C6H13NO4/c1-4-23-9-13-20-14-15(21(13)10-17(2,3)22)11-7-5-6-8-12(11)19-16(14)18;1-9(2)7-18-8-16-12-13(18)10-5-3-4-6-11(10)17-14(12)15;10-9(11)6(16)4(3-15)18-7(9)14-2-1-5(12)13-8(14)17;8-4(9)5-10-1-12(11-5)6-2(13)3(14)7(15)16-6;1-8-2-5(10)7(12)6(11)4(8)3-9;8-2-3-5(10)6(11)4(9)1-7-3/h5-8,22H,4,9-10H2,1-3H3,(H2,18,19);3-6,8-9H,7H2,1-2H3,(H2,15,17);1-2,4,6-7,15-16H,3H2,(H2,12,13,17);1-3,6-7,13-15H,(H3,8,9);4-7,9-12H,2-3H2,1H3;3-11H,1-2H2/t;;;2-,3+,6-,7+;4-,5+,6-,7-;3-,4+,5-,6-/m...011/s1. The number of aromatic nitrogens is 11. The van der Waals surface area contributed by atoms with E-state index in [2.05, 4.69) is 64.8 Å². The Kier molecular flexibility index (Phi) is 26.4. The lowest BCUT2D eigenvalue weighted by Gasteiger charge is -2.40. The lowest BCUT2D eigenvalue weighted by molar-refractivity contribution is -0.144. The Hall–Kier alpha value is -7.81. The first-order valence-electron chi connectivity index (χ1n) is 30.9. The number of nitrogens with one attached hydrogen (secondary N) is 2. The monoisotopic (exact) mass is 1390 g/mol. The fraction of sp³-hybridized carbons (Fsp3) is 0.550. The number of rotatable bonds is 13. The summed E-state index contributed by atoms with van der Waals surface area (Å²) < 4.78 is 48.3. The molecule has 2 aromatic carbocycles. The maximum absolute atomic E-state index is 13.7. The zero-order valence-corrected chi connectivity index (χ0v) is 54.4. The number of aliphatic hydroxyl groups is 14. The molecular formula is C60H88F2N18O18. The van der Waals surface area contributed by atoms with Crippen LogP contribution >= 0.6 is 0 Å². The normalized spacial score (nSPS) is 26.9. The van der Waals surface area contributed by atoms with Crippen molar-refractivity contribution >= 4 is 67.2 Å². The molecule has 4 saturated heterocycles. The second-order valence-electron chi connectivity index (χ2n) is 24.5. The van der Waals surface area contributed by atoms with Crippen LogP contribution in [0.1, 0.15) is 58.7 Å². The first kappa shape index (κ1) is 77.5. The third-order valence-corrected chi connectivity index (χ3v) is 15.9. The summed E-state index contributed by atoms with van der Waals surface area (Å²) in [4.78, 5) is 37.9. The lowest BCUT2D eigenvalue weighted by Crippen LogP contribution is -2.61. The van der Waals surface area contributed by atoms with Gasteiger partial charge in [0.1, 0.15) is 72.2 Å². The summed E-state index contributed by atoms with van der Waals surface area (Å²) in [5.74, 6) is -1.97. The minimum absolute atomic E-state index is 0.0216. The zero-order valence-electron chi connectivity index (χ0n) is 54.4. The first-order valence-corrected chi connectivity index (χ1v) is 30.9. The molecule has 0 saturated carbocycles. The van der Waals surface area contributed by atoms with Crippen molar-refractivity contribution in [3.8, 4) is 0 Å². The molecule has 12 rings (SSSR count). The van der Waals surface area contributed by atoms with E-state index in [4.69, 9.17) is 73.2 Å². The van der Waals surface area contributed by atoms with Crippen LogP contribution in [0.4, 0.5) is 26.2 Å². The van der Waals surface area contributed by atoms with Crippen molar-refractivity contribution in [1.82, 2.24) is 63.6 Å². The van der Waals surface area contributed by atoms with Gasteiger partial charge >= 0.3 is 11.6 Å². The molecule has 0 radical (unpaired) electrons. The summed E-state index contributed by atoms with van der Waals surface area (Å²) in [5, 5.41) is 145. The molecule has 0 amide bonds. The molecule has 4 fully saturated rings. The number of nitrogens with two attached hydrogens (primary N) is 4. The average molecular weight is 1390 g/mol. The summed E-state index contributed by atoms with van der Waals surface area (Å²) in [6, 6.07) is 16.0. The van der Waals surface area contributed by atoms with Gasteiger partial charge in [-0.1, -0.05) is 50.2 Å². The Balaban J connectivity index is 0.000000168. The number of piperidine rings is 2. The number of halogens is 2. The van der Waals surface area contributed by atoms with Gasteiger partial charge in [0.2, 0.25) is 12.1 Å². The number of pyridine rings is 2. The average Bonchev–Trinajstić information content (AvgIpc) is 1.58. The number of hydrogen-bond acceptors (Lipinski definition) is 31. The molecule has 10 heterocycles. The van der Waals surface area contributed by atoms with Gasteiger partial charge in [-0.2, -0.15) is 13.8 Å². The van der Waals surface area contributed by atoms with Gasteiger partial charge in [-0.15, -0.1) is 5.10 Å². The van der Waals surface area contributed by atoms with Crippen LogP contribution in [0.2, 0.25) is 0 Å². The number of fused-ring (bicyclic) bond motifs is 6. The third kappa shape index (κ3) is 18.0. The van der Waals surface area contributed by atoms with Gasteiger partial charge in [-0.3, -0.25) is 14.9 Å². The number of para-hydroxylation sites is 2. The summed E-state index contributed by atoms with van der Waals surface area (Å²) in [6.45, 7) is 11.4. The molecule has 24 N–H and O–H groups in total. The van der Waals surface area contributed by atoms with Gasteiger partial charge in [0.15, 0.2) is 36.1 Å². The highest BCUT2D eigenvalue weighted by Crippen LogP contribution is 2.42. The van der Waals surface area contributed by atoms with Gasteiger partial charge in [-0.05, 0) is 51.9 Å². The Bertz CT molecular complexity index is 3970. The molecule has 98 heavy (non-hydrogen) atoms. The van der Waals surface area contributed by atoms with Crippen molar-refractivity contribution in [1.29, 1.82) is 5.41 Å². The smallest absolute Gasteiger partial charge is 0.351 e. The molecule has 540 valence electrons. The maximum Gasteiger partial charge on any atom is 0.351 e. The van der Waals surface area contributed by atoms with Gasteiger partial charge in [0, 0.05) is 43.2 Å². The number of aliphatic hydroxyl groups excluding tert-OH is 13. The fourth-order valence-electron chi connectivity index (χ4n) is 10.9. The maximum atomic E-state index is 13.7.